The maximum Gasteiger partial charge on any atom is 0.119 e. The van der Waals surface area contributed by atoms with Crippen molar-refractivity contribution in [2.24, 2.45) is 5.73 Å². The molecular weight excluding hydrogens is 236 g/mol. The Morgan fingerprint density at radius 1 is 1.21 bits per heavy atom. The lowest BCUT2D eigenvalue weighted by molar-refractivity contribution is 0.286. The molecule has 3 heteroatoms. The van der Waals surface area contributed by atoms with Gasteiger partial charge in [-0.1, -0.05) is 32.9 Å². The van der Waals surface area contributed by atoms with E-state index in [-0.39, 0.29) is 5.41 Å². The molecule has 0 aromatic heterocycles. The van der Waals surface area contributed by atoms with Gasteiger partial charge in [0.05, 0.1) is 12.7 Å². The molecule has 0 saturated heterocycles. The van der Waals surface area contributed by atoms with Crippen LogP contribution in [0.25, 0.3) is 0 Å². The summed E-state index contributed by atoms with van der Waals surface area (Å²) in [5.41, 5.74) is 6.42. The van der Waals surface area contributed by atoms with Crippen LogP contribution in [0, 0.1) is 11.3 Å². The second kappa shape index (κ2) is 6.08. The number of nitrogens with zero attached hydrogens (tertiary/aromatic N) is 1. The van der Waals surface area contributed by atoms with Crippen molar-refractivity contribution in [1.29, 1.82) is 5.26 Å². The fraction of sp³-hybridized carbons (Fsp3) is 0.562. The van der Waals surface area contributed by atoms with E-state index in [1.807, 2.05) is 12.1 Å². The second-order valence-corrected chi connectivity index (χ2v) is 5.89. The number of rotatable bonds is 6. The van der Waals surface area contributed by atoms with Crippen LogP contribution < -0.4 is 10.5 Å². The Balaban J connectivity index is 2.57. The van der Waals surface area contributed by atoms with Crippen molar-refractivity contribution in [2.75, 3.05) is 6.61 Å². The van der Waals surface area contributed by atoms with Crippen LogP contribution in [0.3, 0.4) is 0 Å². The number of benzene rings is 1. The molecule has 1 atom stereocenters. The highest BCUT2D eigenvalue weighted by atomic mass is 16.5. The fourth-order valence-electron chi connectivity index (χ4n) is 1.64. The summed E-state index contributed by atoms with van der Waals surface area (Å²) in [6.07, 6.45) is 1.62. The highest BCUT2D eigenvalue weighted by Crippen LogP contribution is 2.28. The SMILES string of the molecule is CCC(C)(C)c1ccc(OCCC(C)(N)C#N)cc1. The van der Waals surface area contributed by atoms with E-state index in [1.54, 1.807) is 6.92 Å². The summed E-state index contributed by atoms with van der Waals surface area (Å²) in [7, 11) is 0. The predicted molar refractivity (Wildman–Crippen MR) is 78.1 cm³/mol. The van der Waals surface area contributed by atoms with Crippen molar-refractivity contribution >= 4 is 0 Å². The molecule has 0 aliphatic rings. The van der Waals surface area contributed by atoms with Gasteiger partial charge in [-0.2, -0.15) is 5.26 Å². The lowest BCUT2D eigenvalue weighted by Crippen LogP contribution is -2.35. The van der Waals surface area contributed by atoms with Gasteiger partial charge in [0, 0.05) is 6.42 Å². The molecule has 0 fully saturated rings. The monoisotopic (exact) mass is 260 g/mol. The zero-order valence-corrected chi connectivity index (χ0v) is 12.4. The average molecular weight is 260 g/mol. The van der Waals surface area contributed by atoms with Gasteiger partial charge in [-0.25, -0.2) is 0 Å². The van der Waals surface area contributed by atoms with Crippen LogP contribution in [0.15, 0.2) is 24.3 Å². The first kappa shape index (κ1) is 15.5. The normalized spacial score (nSPS) is 14.5. The second-order valence-electron chi connectivity index (χ2n) is 5.89. The molecule has 19 heavy (non-hydrogen) atoms. The molecule has 1 aromatic rings. The van der Waals surface area contributed by atoms with Crippen LogP contribution in [-0.4, -0.2) is 12.1 Å². The third-order valence-electron chi connectivity index (χ3n) is 3.67. The van der Waals surface area contributed by atoms with Crippen molar-refractivity contribution in [3.05, 3.63) is 29.8 Å². The Bertz CT molecular complexity index is 441. The molecule has 1 rings (SSSR count). The van der Waals surface area contributed by atoms with E-state index in [0.29, 0.717) is 13.0 Å². The molecule has 1 unspecified atom stereocenters. The first-order chi connectivity index (χ1) is 8.80. The average Bonchev–Trinajstić information content (AvgIpc) is 2.39. The molecule has 3 nitrogen and oxygen atoms in total. The molecule has 0 saturated carbocycles. The number of hydrogen-bond donors (Lipinski definition) is 1. The third-order valence-corrected chi connectivity index (χ3v) is 3.67. The molecule has 0 bridgehead atoms. The largest absolute Gasteiger partial charge is 0.493 e. The van der Waals surface area contributed by atoms with E-state index in [9.17, 15) is 0 Å². The molecule has 0 heterocycles. The highest BCUT2D eigenvalue weighted by Gasteiger charge is 2.18. The van der Waals surface area contributed by atoms with E-state index < -0.39 is 5.54 Å². The Labute approximate surface area is 116 Å². The fourth-order valence-corrected chi connectivity index (χ4v) is 1.64. The Kier molecular flexibility index (Phi) is 4.97. The van der Waals surface area contributed by atoms with E-state index in [0.717, 1.165) is 12.2 Å². The summed E-state index contributed by atoms with van der Waals surface area (Å²) in [6, 6.07) is 10.2. The van der Waals surface area contributed by atoms with Crippen LogP contribution in [0.5, 0.6) is 5.75 Å². The minimum atomic E-state index is -0.815. The van der Waals surface area contributed by atoms with E-state index in [4.69, 9.17) is 15.7 Å². The van der Waals surface area contributed by atoms with Gasteiger partial charge >= 0.3 is 0 Å². The molecule has 0 spiro atoms. The van der Waals surface area contributed by atoms with Crippen LogP contribution in [0.4, 0.5) is 0 Å². The van der Waals surface area contributed by atoms with Gasteiger partial charge in [0.25, 0.3) is 0 Å². The Morgan fingerprint density at radius 2 is 1.79 bits per heavy atom. The van der Waals surface area contributed by atoms with Crippen molar-refractivity contribution in [3.8, 4) is 11.8 Å². The van der Waals surface area contributed by atoms with Crippen molar-refractivity contribution < 1.29 is 4.74 Å². The third kappa shape index (κ3) is 4.57. The van der Waals surface area contributed by atoms with Crippen molar-refractivity contribution in [1.82, 2.24) is 0 Å². The minimum Gasteiger partial charge on any atom is -0.493 e. The van der Waals surface area contributed by atoms with E-state index in [2.05, 4.69) is 39.0 Å². The summed E-state index contributed by atoms with van der Waals surface area (Å²) >= 11 is 0. The van der Waals surface area contributed by atoms with Crippen LogP contribution in [0.1, 0.15) is 46.1 Å². The van der Waals surface area contributed by atoms with Crippen molar-refractivity contribution in [2.45, 2.75) is 51.5 Å². The molecule has 0 aliphatic carbocycles. The highest BCUT2D eigenvalue weighted by molar-refractivity contribution is 5.31. The predicted octanol–water partition coefficient (Wildman–Crippen LogP) is 3.38. The maximum atomic E-state index is 8.81. The summed E-state index contributed by atoms with van der Waals surface area (Å²) in [5.74, 6) is 0.824. The van der Waals surface area contributed by atoms with Gasteiger partial charge < -0.3 is 10.5 Å². The first-order valence-corrected chi connectivity index (χ1v) is 6.74. The Morgan fingerprint density at radius 3 is 2.26 bits per heavy atom. The smallest absolute Gasteiger partial charge is 0.119 e. The van der Waals surface area contributed by atoms with Gasteiger partial charge in [-0.15, -0.1) is 0 Å². The molecule has 1 aromatic carbocycles. The molecule has 0 aliphatic heterocycles. The van der Waals surface area contributed by atoms with E-state index in [1.165, 1.54) is 5.56 Å². The first-order valence-electron chi connectivity index (χ1n) is 6.74. The van der Waals surface area contributed by atoms with Gasteiger partial charge in [-0.3, -0.25) is 0 Å². The van der Waals surface area contributed by atoms with Crippen LogP contribution >= 0.6 is 0 Å². The minimum absolute atomic E-state index is 0.190. The zero-order valence-electron chi connectivity index (χ0n) is 12.4. The number of hydrogen-bond acceptors (Lipinski definition) is 3. The molecule has 2 N–H and O–H groups in total. The van der Waals surface area contributed by atoms with Gasteiger partial charge in [0.1, 0.15) is 11.3 Å². The van der Waals surface area contributed by atoms with Gasteiger partial charge in [0.2, 0.25) is 0 Å². The summed E-state index contributed by atoms with van der Waals surface area (Å²) < 4.78 is 5.61. The number of nitriles is 1. The lowest BCUT2D eigenvalue weighted by atomic mass is 9.82. The van der Waals surface area contributed by atoms with E-state index >= 15 is 0 Å². The summed E-state index contributed by atoms with van der Waals surface area (Å²) in [6.45, 7) is 8.82. The molecule has 104 valence electrons. The number of ether oxygens (including phenoxy) is 1. The standard InChI is InChI=1S/C16H24N2O/c1-5-15(2,3)13-6-8-14(9-7-13)19-11-10-16(4,18)12-17/h6-9H,5,10-11,18H2,1-4H3. The summed E-state index contributed by atoms with van der Waals surface area (Å²) in [5, 5.41) is 8.81. The van der Waals surface area contributed by atoms with Crippen molar-refractivity contribution in [3.63, 3.8) is 0 Å². The van der Waals surface area contributed by atoms with Gasteiger partial charge in [0.15, 0.2) is 0 Å². The van der Waals surface area contributed by atoms with Crippen LogP contribution in [0.2, 0.25) is 0 Å². The lowest BCUT2D eigenvalue weighted by Gasteiger charge is -2.23. The van der Waals surface area contributed by atoms with Crippen LogP contribution in [-0.2, 0) is 5.41 Å². The number of nitrogens with two attached hydrogens (primary N) is 1. The maximum absolute atomic E-state index is 8.81. The zero-order chi connectivity index (χ0) is 14.5. The molecule has 0 amide bonds. The summed E-state index contributed by atoms with van der Waals surface area (Å²) in [4.78, 5) is 0. The Hall–Kier alpha value is -1.53. The molecule has 0 radical (unpaired) electrons. The quantitative estimate of drug-likeness (QED) is 0.853. The van der Waals surface area contributed by atoms with Gasteiger partial charge in [-0.05, 0) is 36.5 Å². The topological polar surface area (TPSA) is 59.0 Å². The molecular formula is C16H24N2O.